The molecule has 0 bridgehead atoms. The highest BCUT2D eigenvalue weighted by molar-refractivity contribution is 5.94. The lowest BCUT2D eigenvalue weighted by atomic mass is 10.1. The quantitative estimate of drug-likeness (QED) is 0.610. The molecule has 0 fully saturated rings. The Bertz CT molecular complexity index is 806. The Morgan fingerprint density at radius 3 is 2.40 bits per heavy atom. The average molecular weight is 424 g/mol. The molecule has 1 amide bonds. The minimum atomic E-state index is -4.47. The first-order chi connectivity index (χ1) is 14.2. The molecule has 0 aliphatic rings. The van der Waals surface area contributed by atoms with Crippen LogP contribution < -0.4 is 10.1 Å². The number of nitrogens with one attached hydrogen (secondary N) is 1. The third-order valence-corrected chi connectivity index (χ3v) is 4.62. The fraction of sp³-hybridized carbons (Fsp3) is 0.409. The molecule has 0 saturated carbocycles. The summed E-state index contributed by atoms with van der Waals surface area (Å²) in [5, 5.41) is 12.6. The van der Waals surface area contributed by atoms with Gasteiger partial charge in [0.05, 0.1) is 5.56 Å². The Morgan fingerprint density at radius 1 is 1.13 bits per heavy atom. The zero-order valence-electron chi connectivity index (χ0n) is 17.1. The molecule has 0 aromatic heterocycles. The highest BCUT2D eigenvalue weighted by atomic mass is 19.4. The molecular formula is C22H27F3N2O3. The Balaban J connectivity index is 1.80. The van der Waals surface area contributed by atoms with Gasteiger partial charge in [-0.05, 0) is 49.0 Å². The van der Waals surface area contributed by atoms with Gasteiger partial charge in [-0.2, -0.15) is 13.2 Å². The highest BCUT2D eigenvalue weighted by Crippen LogP contribution is 2.31. The zero-order chi connectivity index (χ0) is 22.1. The fourth-order valence-corrected chi connectivity index (χ4v) is 2.79. The molecule has 8 heteroatoms. The molecule has 1 atom stereocenters. The molecule has 0 heterocycles. The number of carbonyl (C=O) groups is 1. The van der Waals surface area contributed by atoms with Crippen molar-refractivity contribution in [2.24, 2.45) is 0 Å². The van der Waals surface area contributed by atoms with Crippen molar-refractivity contribution in [2.45, 2.75) is 32.7 Å². The summed E-state index contributed by atoms with van der Waals surface area (Å²) in [6, 6.07) is 11.6. The second-order valence-corrected chi connectivity index (χ2v) is 6.86. The number of halogens is 3. The van der Waals surface area contributed by atoms with Crippen LogP contribution in [0.1, 0.15) is 35.3 Å². The van der Waals surface area contributed by atoms with Crippen molar-refractivity contribution in [3.05, 3.63) is 65.2 Å². The van der Waals surface area contributed by atoms with Crippen molar-refractivity contribution in [2.75, 3.05) is 26.2 Å². The van der Waals surface area contributed by atoms with Crippen LogP contribution in [0.25, 0.3) is 0 Å². The van der Waals surface area contributed by atoms with Gasteiger partial charge in [0, 0.05) is 18.7 Å². The standard InChI is InChI=1S/C22H27F3N2O3/c1-3-27(4-2)14-16-8-10-17(11-9-16)21(29)26-13-19(28)15-30-20-7-5-6-18(12-20)22(23,24)25/h5-12,19,28H,3-4,13-15H2,1-2H3,(H,26,29). The predicted molar refractivity (Wildman–Crippen MR) is 108 cm³/mol. The van der Waals surface area contributed by atoms with Gasteiger partial charge in [-0.1, -0.05) is 32.0 Å². The summed E-state index contributed by atoms with van der Waals surface area (Å²) < 4.78 is 43.3. The summed E-state index contributed by atoms with van der Waals surface area (Å²) in [6.45, 7) is 6.54. The smallest absolute Gasteiger partial charge is 0.416 e. The molecular weight excluding hydrogens is 397 g/mol. The topological polar surface area (TPSA) is 61.8 Å². The van der Waals surface area contributed by atoms with E-state index >= 15 is 0 Å². The first kappa shape index (κ1) is 23.7. The van der Waals surface area contributed by atoms with E-state index in [0.717, 1.165) is 37.3 Å². The Morgan fingerprint density at radius 2 is 1.80 bits per heavy atom. The van der Waals surface area contributed by atoms with Crippen LogP contribution in [0.5, 0.6) is 5.75 Å². The number of nitrogens with zero attached hydrogens (tertiary/aromatic N) is 1. The van der Waals surface area contributed by atoms with Gasteiger partial charge in [-0.3, -0.25) is 9.69 Å². The van der Waals surface area contributed by atoms with Gasteiger partial charge in [0.2, 0.25) is 0 Å². The largest absolute Gasteiger partial charge is 0.491 e. The van der Waals surface area contributed by atoms with Crippen LogP contribution in [0.4, 0.5) is 13.2 Å². The number of ether oxygens (including phenoxy) is 1. The van der Waals surface area contributed by atoms with E-state index < -0.39 is 17.8 Å². The number of benzene rings is 2. The van der Waals surface area contributed by atoms with E-state index in [9.17, 15) is 23.1 Å². The van der Waals surface area contributed by atoms with Crippen LogP contribution in [0.2, 0.25) is 0 Å². The number of hydrogen-bond donors (Lipinski definition) is 2. The summed E-state index contributed by atoms with van der Waals surface area (Å²) in [6.07, 6.45) is -5.53. The lowest BCUT2D eigenvalue weighted by Gasteiger charge is -2.18. The second kappa shape index (κ2) is 11.0. The Labute approximate surface area is 174 Å². The second-order valence-electron chi connectivity index (χ2n) is 6.86. The maximum Gasteiger partial charge on any atom is 0.416 e. The molecule has 0 aliphatic carbocycles. The zero-order valence-corrected chi connectivity index (χ0v) is 17.1. The molecule has 30 heavy (non-hydrogen) atoms. The number of carbonyl (C=O) groups excluding carboxylic acids is 1. The van der Waals surface area contributed by atoms with E-state index in [2.05, 4.69) is 24.1 Å². The Hall–Kier alpha value is -2.58. The van der Waals surface area contributed by atoms with Crippen LogP contribution in [0.15, 0.2) is 48.5 Å². The molecule has 0 saturated heterocycles. The van der Waals surface area contributed by atoms with Crippen molar-refractivity contribution < 1.29 is 27.8 Å². The summed E-state index contributed by atoms with van der Waals surface area (Å²) in [7, 11) is 0. The number of amides is 1. The molecule has 5 nitrogen and oxygen atoms in total. The minimum absolute atomic E-state index is 0.000933. The lowest BCUT2D eigenvalue weighted by Crippen LogP contribution is -2.35. The van der Waals surface area contributed by atoms with E-state index in [0.29, 0.717) is 5.56 Å². The summed E-state index contributed by atoms with van der Waals surface area (Å²) in [5.41, 5.74) is 0.737. The maximum absolute atomic E-state index is 12.7. The number of aliphatic hydroxyl groups is 1. The van der Waals surface area contributed by atoms with Crippen molar-refractivity contribution in [3.63, 3.8) is 0 Å². The number of hydrogen-bond acceptors (Lipinski definition) is 4. The van der Waals surface area contributed by atoms with Gasteiger partial charge in [0.15, 0.2) is 0 Å². The summed E-state index contributed by atoms with van der Waals surface area (Å²) in [5.74, 6) is -0.346. The van der Waals surface area contributed by atoms with Crippen LogP contribution >= 0.6 is 0 Å². The normalized spacial score (nSPS) is 12.6. The van der Waals surface area contributed by atoms with E-state index in [1.165, 1.54) is 12.1 Å². The van der Waals surface area contributed by atoms with Crippen molar-refractivity contribution >= 4 is 5.91 Å². The van der Waals surface area contributed by atoms with Gasteiger partial charge in [-0.15, -0.1) is 0 Å². The lowest BCUT2D eigenvalue weighted by molar-refractivity contribution is -0.137. The molecule has 2 N–H and O–H groups in total. The number of rotatable bonds is 10. The maximum atomic E-state index is 12.7. The summed E-state index contributed by atoms with van der Waals surface area (Å²) >= 11 is 0. The van der Waals surface area contributed by atoms with E-state index in [-0.39, 0.29) is 24.8 Å². The molecule has 1 unspecified atom stereocenters. The molecule has 0 aliphatic heterocycles. The molecule has 0 radical (unpaired) electrons. The third-order valence-electron chi connectivity index (χ3n) is 4.62. The first-order valence-electron chi connectivity index (χ1n) is 9.80. The first-order valence-corrected chi connectivity index (χ1v) is 9.80. The van der Waals surface area contributed by atoms with Crippen LogP contribution in [-0.4, -0.2) is 48.3 Å². The number of alkyl halides is 3. The SMILES string of the molecule is CCN(CC)Cc1ccc(C(=O)NCC(O)COc2cccc(C(F)(F)F)c2)cc1. The van der Waals surface area contributed by atoms with Gasteiger partial charge < -0.3 is 15.2 Å². The van der Waals surface area contributed by atoms with Crippen molar-refractivity contribution in [1.29, 1.82) is 0 Å². The molecule has 0 spiro atoms. The van der Waals surface area contributed by atoms with Gasteiger partial charge >= 0.3 is 6.18 Å². The van der Waals surface area contributed by atoms with Gasteiger partial charge in [0.1, 0.15) is 18.5 Å². The molecule has 2 aromatic carbocycles. The van der Waals surface area contributed by atoms with Crippen LogP contribution in [0, 0.1) is 0 Å². The number of aliphatic hydroxyl groups excluding tert-OH is 1. The van der Waals surface area contributed by atoms with Crippen molar-refractivity contribution in [3.8, 4) is 5.75 Å². The van der Waals surface area contributed by atoms with Crippen LogP contribution in [0.3, 0.4) is 0 Å². The molecule has 164 valence electrons. The van der Waals surface area contributed by atoms with Gasteiger partial charge in [0.25, 0.3) is 5.91 Å². The minimum Gasteiger partial charge on any atom is -0.491 e. The van der Waals surface area contributed by atoms with Gasteiger partial charge in [-0.25, -0.2) is 0 Å². The summed E-state index contributed by atoms with van der Waals surface area (Å²) in [4.78, 5) is 14.5. The van der Waals surface area contributed by atoms with E-state index in [1.54, 1.807) is 12.1 Å². The average Bonchev–Trinajstić information content (AvgIpc) is 2.74. The van der Waals surface area contributed by atoms with E-state index in [1.807, 2.05) is 12.1 Å². The Kier molecular flexibility index (Phi) is 8.68. The molecule has 2 aromatic rings. The third kappa shape index (κ3) is 7.35. The van der Waals surface area contributed by atoms with Crippen molar-refractivity contribution in [1.82, 2.24) is 10.2 Å². The molecule has 2 rings (SSSR count). The fourth-order valence-electron chi connectivity index (χ4n) is 2.79. The highest BCUT2D eigenvalue weighted by Gasteiger charge is 2.30. The van der Waals surface area contributed by atoms with Crippen LogP contribution in [-0.2, 0) is 12.7 Å². The monoisotopic (exact) mass is 424 g/mol. The van der Waals surface area contributed by atoms with E-state index in [4.69, 9.17) is 4.74 Å². The predicted octanol–water partition coefficient (Wildman–Crippen LogP) is 3.72.